The molecule has 1 aromatic carbocycles. The van der Waals surface area contributed by atoms with Crippen molar-refractivity contribution >= 4 is 0 Å². The van der Waals surface area contributed by atoms with E-state index in [0.29, 0.717) is 24.7 Å². The van der Waals surface area contributed by atoms with Crippen molar-refractivity contribution in [2.24, 2.45) is 23.7 Å². The molecular formula is C28H40F4. The van der Waals surface area contributed by atoms with Crippen LogP contribution in [0.5, 0.6) is 0 Å². The third-order valence-corrected chi connectivity index (χ3v) is 8.15. The first-order valence-electron chi connectivity index (χ1n) is 12.8. The Kier molecular flexibility index (Phi) is 9.25. The first-order valence-corrected chi connectivity index (χ1v) is 12.8. The molecule has 0 nitrogen and oxygen atoms in total. The molecule has 0 heterocycles. The number of benzene rings is 1. The summed E-state index contributed by atoms with van der Waals surface area (Å²) in [4.78, 5) is 0. The van der Waals surface area contributed by atoms with Crippen LogP contribution in [0.4, 0.5) is 17.6 Å². The zero-order valence-electron chi connectivity index (χ0n) is 19.8. The summed E-state index contributed by atoms with van der Waals surface area (Å²) in [5.41, 5.74) is 2.81. The molecule has 1 unspecified atom stereocenters. The molecule has 0 spiro atoms. The molecule has 0 radical (unpaired) electrons. The van der Waals surface area contributed by atoms with Crippen molar-refractivity contribution in [3.8, 4) is 0 Å². The molecule has 2 aliphatic rings. The smallest absolute Gasteiger partial charge is 0.212 e. The van der Waals surface area contributed by atoms with E-state index in [-0.39, 0.29) is 6.08 Å². The maximum Gasteiger partial charge on any atom is 0.412 e. The van der Waals surface area contributed by atoms with Gasteiger partial charge in [-0.3, -0.25) is 0 Å². The van der Waals surface area contributed by atoms with E-state index in [0.717, 1.165) is 37.5 Å². The summed E-state index contributed by atoms with van der Waals surface area (Å²) in [5.74, 6) is 1.41. The average Bonchev–Trinajstić information content (AvgIpc) is 2.77. The Balaban J connectivity index is 1.40. The number of aryl methyl sites for hydroxylation is 1. The van der Waals surface area contributed by atoms with Crippen LogP contribution in [0.25, 0.3) is 0 Å². The van der Waals surface area contributed by atoms with Crippen LogP contribution in [0.15, 0.2) is 36.2 Å². The maximum atomic E-state index is 13.8. The van der Waals surface area contributed by atoms with Crippen LogP contribution in [0.1, 0.15) is 102 Å². The number of rotatable bonds is 8. The van der Waals surface area contributed by atoms with Gasteiger partial charge in [0.25, 0.3) is 0 Å². The topological polar surface area (TPSA) is 0 Å². The minimum absolute atomic E-state index is 0.155. The lowest BCUT2D eigenvalue weighted by Crippen LogP contribution is -2.19. The van der Waals surface area contributed by atoms with Gasteiger partial charge in [-0.1, -0.05) is 51.0 Å². The monoisotopic (exact) mass is 452 g/mol. The molecule has 0 bridgehead atoms. The highest BCUT2D eigenvalue weighted by Crippen LogP contribution is 2.40. The lowest BCUT2D eigenvalue weighted by molar-refractivity contribution is -0.0821. The van der Waals surface area contributed by atoms with Crippen LogP contribution in [-0.4, -0.2) is 6.18 Å². The number of alkyl halides is 3. The summed E-state index contributed by atoms with van der Waals surface area (Å²) in [6.45, 7) is 4.70. The third-order valence-electron chi connectivity index (χ3n) is 8.15. The summed E-state index contributed by atoms with van der Waals surface area (Å²) in [7, 11) is 0. The zero-order valence-corrected chi connectivity index (χ0v) is 19.8. The molecule has 4 heteroatoms. The molecule has 2 saturated carbocycles. The van der Waals surface area contributed by atoms with Gasteiger partial charge in [0.15, 0.2) is 0 Å². The molecule has 32 heavy (non-hydrogen) atoms. The molecule has 1 atom stereocenters. The quantitative estimate of drug-likeness (QED) is 0.344. The molecule has 0 aliphatic heterocycles. The predicted molar refractivity (Wildman–Crippen MR) is 124 cm³/mol. The fraction of sp³-hybridized carbons (Fsp3) is 0.714. The van der Waals surface area contributed by atoms with Gasteiger partial charge >= 0.3 is 6.18 Å². The van der Waals surface area contributed by atoms with E-state index >= 15 is 0 Å². The van der Waals surface area contributed by atoms with Crippen LogP contribution < -0.4 is 0 Å². The van der Waals surface area contributed by atoms with E-state index in [1.165, 1.54) is 49.7 Å². The van der Waals surface area contributed by atoms with E-state index in [9.17, 15) is 17.6 Å². The summed E-state index contributed by atoms with van der Waals surface area (Å²) in [6.07, 6.45) is 7.99. The fourth-order valence-corrected chi connectivity index (χ4v) is 6.04. The number of hydrogen-bond donors (Lipinski definition) is 0. The standard InChI is InChI=1S/C28H40F4/c1-3-4-20(2)23-15-17-25(18-16-23)24-11-7-21(8-12-24)5-6-22-9-13-26(14-10-22)27(29)19-28(30,31)32/h7-8,11-12,19-20,22-23,25-26H,3-6,9-10,13-18H2,1-2H3/b27-19-. The van der Waals surface area contributed by atoms with Crippen LogP contribution >= 0.6 is 0 Å². The molecule has 1 aromatic rings. The average molecular weight is 453 g/mol. The summed E-state index contributed by atoms with van der Waals surface area (Å²) in [6, 6.07) is 9.14. The van der Waals surface area contributed by atoms with Gasteiger partial charge in [-0.05, 0) is 99.0 Å². The summed E-state index contributed by atoms with van der Waals surface area (Å²) >= 11 is 0. The Labute approximate surface area is 191 Å². The lowest BCUT2D eigenvalue weighted by atomic mass is 9.73. The molecule has 180 valence electrons. The van der Waals surface area contributed by atoms with Gasteiger partial charge in [0, 0.05) is 5.92 Å². The summed E-state index contributed by atoms with van der Waals surface area (Å²) < 4.78 is 50.9. The van der Waals surface area contributed by atoms with Crippen LogP contribution in [0.3, 0.4) is 0 Å². The van der Waals surface area contributed by atoms with E-state index in [2.05, 4.69) is 38.1 Å². The van der Waals surface area contributed by atoms with Gasteiger partial charge in [-0.15, -0.1) is 0 Å². The second-order valence-electron chi connectivity index (χ2n) is 10.4. The SMILES string of the molecule is CCCC(C)C1CCC(c2ccc(CCC3CCC(/C(F)=C/C(F)(F)F)CC3)cc2)CC1. The predicted octanol–water partition coefficient (Wildman–Crippen LogP) is 9.55. The van der Waals surface area contributed by atoms with E-state index < -0.39 is 17.9 Å². The van der Waals surface area contributed by atoms with Crippen molar-refractivity contribution in [1.82, 2.24) is 0 Å². The lowest BCUT2D eigenvalue weighted by Gasteiger charge is -2.32. The molecule has 0 amide bonds. The number of halogens is 4. The first-order chi connectivity index (χ1) is 15.2. The van der Waals surface area contributed by atoms with Gasteiger partial charge < -0.3 is 0 Å². The molecule has 0 N–H and O–H groups in total. The van der Waals surface area contributed by atoms with Crippen molar-refractivity contribution in [3.05, 3.63) is 47.3 Å². The first kappa shape index (κ1) is 25.3. The Hall–Kier alpha value is -1.32. The van der Waals surface area contributed by atoms with Gasteiger partial charge in [-0.2, -0.15) is 13.2 Å². The van der Waals surface area contributed by atoms with Crippen LogP contribution in [0.2, 0.25) is 0 Å². The molecule has 0 saturated heterocycles. The normalized spacial score (nSPS) is 28.5. The summed E-state index contributed by atoms with van der Waals surface area (Å²) in [5, 5.41) is 0. The van der Waals surface area contributed by atoms with Gasteiger partial charge in [0.1, 0.15) is 5.83 Å². The van der Waals surface area contributed by atoms with Crippen molar-refractivity contribution in [3.63, 3.8) is 0 Å². The maximum absolute atomic E-state index is 13.8. The number of hydrogen-bond acceptors (Lipinski definition) is 0. The Bertz CT molecular complexity index is 702. The zero-order chi connectivity index (χ0) is 23.1. The highest BCUT2D eigenvalue weighted by atomic mass is 19.4. The molecule has 0 aromatic heterocycles. The minimum Gasteiger partial charge on any atom is -0.212 e. The van der Waals surface area contributed by atoms with E-state index in [4.69, 9.17) is 0 Å². The highest BCUT2D eigenvalue weighted by Gasteiger charge is 2.30. The van der Waals surface area contributed by atoms with E-state index in [1.807, 2.05) is 0 Å². The molecule has 3 rings (SSSR count). The van der Waals surface area contributed by atoms with Gasteiger partial charge in [0.05, 0.1) is 6.08 Å². The second-order valence-corrected chi connectivity index (χ2v) is 10.4. The van der Waals surface area contributed by atoms with Crippen molar-refractivity contribution in [2.45, 2.75) is 103 Å². The highest BCUT2D eigenvalue weighted by molar-refractivity contribution is 5.26. The van der Waals surface area contributed by atoms with Gasteiger partial charge in [-0.25, -0.2) is 4.39 Å². The Morgan fingerprint density at radius 2 is 1.59 bits per heavy atom. The number of allylic oxidation sites excluding steroid dienone is 2. The van der Waals surface area contributed by atoms with Crippen molar-refractivity contribution in [2.75, 3.05) is 0 Å². The largest absolute Gasteiger partial charge is 0.412 e. The molecular weight excluding hydrogens is 412 g/mol. The van der Waals surface area contributed by atoms with Crippen LogP contribution in [-0.2, 0) is 6.42 Å². The third kappa shape index (κ3) is 7.63. The van der Waals surface area contributed by atoms with E-state index in [1.54, 1.807) is 0 Å². The Morgan fingerprint density at radius 3 is 2.16 bits per heavy atom. The second kappa shape index (κ2) is 11.7. The van der Waals surface area contributed by atoms with Crippen LogP contribution in [0, 0.1) is 23.7 Å². The molecule has 2 fully saturated rings. The van der Waals surface area contributed by atoms with Crippen molar-refractivity contribution in [1.29, 1.82) is 0 Å². The van der Waals surface area contributed by atoms with Crippen molar-refractivity contribution < 1.29 is 17.6 Å². The van der Waals surface area contributed by atoms with Gasteiger partial charge in [0.2, 0.25) is 0 Å². The molecule has 2 aliphatic carbocycles. The fourth-order valence-electron chi connectivity index (χ4n) is 6.04. The minimum atomic E-state index is -4.56. The Morgan fingerprint density at radius 1 is 0.969 bits per heavy atom.